The maximum Gasteiger partial charge on any atom is 0.404 e. The fourth-order valence-electron chi connectivity index (χ4n) is 4.28. The molecule has 0 bridgehead atoms. The number of rotatable bonds is 7. The molecule has 1 heterocycles. The molecular formula is C25H30F3NO6S. The van der Waals surface area contributed by atoms with Crippen molar-refractivity contribution in [2.75, 3.05) is 17.1 Å². The lowest BCUT2D eigenvalue weighted by Gasteiger charge is -2.30. The molecule has 7 nitrogen and oxygen atoms in total. The minimum absolute atomic E-state index is 0.138. The van der Waals surface area contributed by atoms with Gasteiger partial charge in [0, 0.05) is 5.56 Å². The van der Waals surface area contributed by atoms with Crippen molar-refractivity contribution in [3.05, 3.63) is 46.5 Å². The third-order valence-corrected chi connectivity index (χ3v) is 6.85. The molecule has 3 rings (SSSR count). The molecule has 1 aliphatic heterocycles. The average Bonchev–Trinajstić information content (AvgIpc) is 2.71. The molecule has 2 aromatic rings. The second-order valence-corrected chi connectivity index (χ2v) is 11.6. The van der Waals surface area contributed by atoms with Crippen LogP contribution in [0.15, 0.2) is 24.3 Å². The molecule has 0 saturated heterocycles. The fraction of sp³-hybridized carbons (Fsp3) is 0.480. The quantitative estimate of drug-likeness (QED) is 0.488. The summed E-state index contributed by atoms with van der Waals surface area (Å²) in [6.45, 7) is 8.74. The van der Waals surface area contributed by atoms with Crippen molar-refractivity contribution in [2.24, 2.45) is 0 Å². The van der Waals surface area contributed by atoms with Gasteiger partial charge in [-0.15, -0.1) is 0 Å². The van der Waals surface area contributed by atoms with E-state index < -0.39 is 39.6 Å². The van der Waals surface area contributed by atoms with E-state index in [1.54, 1.807) is 39.8 Å². The van der Waals surface area contributed by atoms with E-state index in [1.165, 1.54) is 13.0 Å². The number of aryl methyl sites for hydroxylation is 2. The maximum atomic E-state index is 12.8. The first-order valence-electron chi connectivity index (χ1n) is 11.4. The Morgan fingerprint density at radius 2 is 1.86 bits per heavy atom. The molecule has 2 aromatic carbocycles. The average molecular weight is 530 g/mol. The van der Waals surface area contributed by atoms with E-state index in [4.69, 9.17) is 9.47 Å². The molecule has 2 N–H and O–H groups in total. The molecule has 0 aromatic heterocycles. The monoisotopic (exact) mass is 529 g/mol. The first-order chi connectivity index (χ1) is 16.5. The Morgan fingerprint density at radius 3 is 2.44 bits per heavy atom. The van der Waals surface area contributed by atoms with Crippen LogP contribution in [0.25, 0.3) is 11.1 Å². The smallest absolute Gasteiger partial charge is 0.404 e. The number of nitrogens with one attached hydrogen (secondary N) is 1. The van der Waals surface area contributed by atoms with Gasteiger partial charge in [-0.2, -0.15) is 13.2 Å². The first kappa shape index (κ1) is 27.8. The number of aliphatic carboxylic acids is 1. The van der Waals surface area contributed by atoms with Gasteiger partial charge in [0.25, 0.3) is 0 Å². The van der Waals surface area contributed by atoms with E-state index in [1.807, 2.05) is 10.8 Å². The van der Waals surface area contributed by atoms with Crippen molar-refractivity contribution in [1.82, 2.24) is 0 Å². The van der Waals surface area contributed by atoms with E-state index in [9.17, 15) is 31.5 Å². The van der Waals surface area contributed by atoms with Crippen LogP contribution in [-0.2, 0) is 26.0 Å². The van der Waals surface area contributed by atoms with Gasteiger partial charge in [-0.1, -0.05) is 6.07 Å². The summed E-state index contributed by atoms with van der Waals surface area (Å²) >= 11 is 0. The molecule has 1 atom stereocenters. The number of anilines is 1. The van der Waals surface area contributed by atoms with E-state index >= 15 is 0 Å². The van der Waals surface area contributed by atoms with Crippen LogP contribution in [0.5, 0.6) is 5.75 Å². The molecular weight excluding hydrogens is 499 g/mol. The van der Waals surface area contributed by atoms with Gasteiger partial charge >= 0.3 is 12.1 Å². The number of alkyl halides is 3. The normalized spacial score (nSPS) is 15.1. The van der Waals surface area contributed by atoms with Crippen molar-refractivity contribution < 1.29 is 41.0 Å². The van der Waals surface area contributed by atoms with Gasteiger partial charge in [0.1, 0.15) is 5.75 Å². The lowest BCUT2D eigenvalue weighted by molar-refractivity contribution is -0.160. The summed E-state index contributed by atoms with van der Waals surface area (Å²) in [5, 5.41) is 10.1. The Hall–Kier alpha value is -2.79. The summed E-state index contributed by atoms with van der Waals surface area (Å²) in [7, 11) is -4.80. The Labute approximate surface area is 208 Å². The molecule has 0 saturated carbocycles. The van der Waals surface area contributed by atoms with E-state index in [0.29, 0.717) is 23.3 Å². The number of carboxylic acid groups (broad SMARTS) is 1. The molecule has 0 aliphatic carbocycles. The third kappa shape index (κ3) is 6.70. The Bertz CT molecular complexity index is 1270. The zero-order valence-corrected chi connectivity index (χ0v) is 21.6. The zero-order valence-electron chi connectivity index (χ0n) is 20.7. The highest BCUT2D eigenvalue weighted by Gasteiger charge is 2.37. The van der Waals surface area contributed by atoms with E-state index in [0.717, 1.165) is 24.2 Å². The SMILES string of the molecule is Cc1cc(NS(=O)(=O)CC(F)(F)F)c(C)c(C(OC(C)(C)C)C(=O)O)c1-c1ccc2c(c1)CCCO2. The van der Waals surface area contributed by atoms with Crippen molar-refractivity contribution in [1.29, 1.82) is 0 Å². The van der Waals surface area contributed by atoms with Crippen LogP contribution in [0.1, 0.15) is 55.5 Å². The van der Waals surface area contributed by atoms with Gasteiger partial charge in [-0.3, -0.25) is 4.72 Å². The van der Waals surface area contributed by atoms with Crippen LogP contribution in [0.2, 0.25) is 0 Å². The minimum atomic E-state index is -4.94. The van der Waals surface area contributed by atoms with Crippen LogP contribution in [-0.4, -0.2) is 43.6 Å². The molecule has 0 spiro atoms. The van der Waals surface area contributed by atoms with Crippen LogP contribution in [0.4, 0.5) is 18.9 Å². The molecule has 11 heteroatoms. The van der Waals surface area contributed by atoms with Crippen molar-refractivity contribution in [2.45, 2.75) is 65.3 Å². The van der Waals surface area contributed by atoms with Crippen molar-refractivity contribution in [3.63, 3.8) is 0 Å². The summed E-state index contributed by atoms with van der Waals surface area (Å²) < 4.78 is 76.5. The van der Waals surface area contributed by atoms with Gasteiger partial charge in [0.15, 0.2) is 11.9 Å². The molecule has 1 unspecified atom stereocenters. The number of benzene rings is 2. The predicted molar refractivity (Wildman–Crippen MR) is 130 cm³/mol. The van der Waals surface area contributed by atoms with Gasteiger partial charge < -0.3 is 14.6 Å². The zero-order chi connectivity index (χ0) is 27.1. The lowest BCUT2D eigenvalue weighted by Crippen LogP contribution is -2.30. The largest absolute Gasteiger partial charge is 0.493 e. The highest BCUT2D eigenvalue weighted by Crippen LogP contribution is 2.42. The number of fused-ring (bicyclic) bond motifs is 1. The number of sulfonamides is 1. The Balaban J connectivity index is 2.26. The minimum Gasteiger partial charge on any atom is -0.493 e. The third-order valence-electron chi connectivity index (χ3n) is 5.61. The second-order valence-electron chi connectivity index (χ2n) is 9.85. The topological polar surface area (TPSA) is 102 Å². The number of halogens is 3. The number of hydrogen-bond donors (Lipinski definition) is 2. The Kier molecular flexibility index (Phi) is 7.67. The van der Waals surface area contributed by atoms with Gasteiger partial charge in [0.2, 0.25) is 10.0 Å². The molecule has 198 valence electrons. The second kappa shape index (κ2) is 9.93. The number of ether oxygens (including phenoxy) is 2. The van der Waals surface area contributed by atoms with Crippen molar-refractivity contribution >= 4 is 21.7 Å². The van der Waals surface area contributed by atoms with E-state index in [-0.39, 0.29) is 16.8 Å². The van der Waals surface area contributed by atoms with Crippen LogP contribution >= 0.6 is 0 Å². The standard InChI is InChI=1S/C25H30F3NO6S/c1-14-11-18(29-36(32,33)13-25(26,27)28)15(2)21(22(23(30)31)35-24(3,4)5)20(14)17-8-9-19-16(12-17)7-6-10-34-19/h8-9,11-12,22,29H,6-7,10,13H2,1-5H3,(H,30,31). The van der Waals surface area contributed by atoms with Crippen molar-refractivity contribution in [3.8, 4) is 16.9 Å². The molecule has 0 radical (unpaired) electrons. The molecule has 0 amide bonds. The fourth-order valence-corrected chi connectivity index (χ4v) is 5.33. The molecule has 0 fully saturated rings. The maximum absolute atomic E-state index is 12.8. The van der Waals surface area contributed by atoms with Crippen LogP contribution in [0.3, 0.4) is 0 Å². The highest BCUT2D eigenvalue weighted by atomic mass is 32.2. The predicted octanol–water partition coefficient (Wildman–Crippen LogP) is 5.54. The molecule has 36 heavy (non-hydrogen) atoms. The summed E-state index contributed by atoms with van der Waals surface area (Å²) in [6, 6.07) is 6.87. The number of carbonyl (C=O) groups is 1. The lowest BCUT2D eigenvalue weighted by atomic mass is 9.86. The number of hydrogen-bond acceptors (Lipinski definition) is 5. The van der Waals surface area contributed by atoms with Gasteiger partial charge in [-0.25, -0.2) is 13.2 Å². The van der Waals surface area contributed by atoms with Crippen LogP contribution in [0, 0.1) is 13.8 Å². The first-order valence-corrected chi connectivity index (χ1v) is 13.0. The summed E-state index contributed by atoms with van der Waals surface area (Å²) in [5.74, 6) is -2.65. The summed E-state index contributed by atoms with van der Waals surface area (Å²) in [4.78, 5) is 12.4. The van der Waals surface area contributed by atoms with Crippen LogP contribution < -0.4 is 9.46 Å². The molecule has 1 aliphatic rings. The van der Waals surface area contributed by atoms with Gasteiger partial charge in [0.05, 0.1) is 17.9 Å². The van der Waals surface area contributed by atoms with E-state index in [2.05, 4.69) is 0 Å². The summed E-state index contributed by atoms with van der Waals surface area (Å²) in [6.07, 6.45) is -4.86. The highest BCUT2D eigenvalue weighted by molar-refractivity contribution is 7.92. The van der Waals surface area contributed by atoms with Gasteiger partial charge in [-0.05, 0) is 93.5 Å². The Morgan fingerprint density at radius 1 is 1.19 bits per heavy atom. The summed E-state index contributed by atoms with van der Waals surface area (Å²) in [5.41, 5.74) is 1.89. The number of carboxylic acids is 1.